The summed E-state index contributed by atoms with van der Waals surface area (Å²) in [6, 6.07) is 13.8. The first-order chi connectivity index (χ1) is 14.0. The molecule has 3 aromatic rings. The van der Waals surface area contributed by atoms with Crippen LogP contribution in [0.1, 0.15) is 0 Å². The predicted molar refractivity (Wildman–Crippen MR) is 102 cm³/mol. The quantitative estimate of drug-likeness (QED) is 0.519. The molecule has 0 spiro atoms. The van der Waals surface area contributed by atoms with Crippen LogP contribution in [0.25, 0.3) is 11.3 Å². The van der Waals surface area contributed by atoms with Crippen LogP contribution in [0.4, 0.5) is 11.4 Å². The number of nitro benzene ring substituents is 1. The van der Waals surface area contributed by atoms with Crippen molar-refractivity contribution in [2.45, 2.75) is 6.54 Å². The SMILES string of the molecule is O=C(Cn1nc(-c2ccc3c(c2)OCO3)ccc1=O)Nc1ccccc1[N+](=O)[O-]. The van der Waals surface area contributed by atoms with Crippen LogP contribution in [-0.4, -0.2) is 27.4 Å². The summed E-state index contributed by atoms with van der Waals surface area (Å²) in [5.74, 6) is 0.568. The number of nitrogens with zero attached hydrogens (tertiary/aromatic N) is 3. The maximum atomic E-state index is 12.3. The molecule has 10 nitrogen and oxygen atoms in total. The zero-order valence-corrected chi connectivity index (χ0v) is 14.9. The Labute approximate surface area is 163 Å². The van der Waals surface area contributed by atoms with Gasteiger partial charge in [0.15, 0.2) is 11.5 Å². The highest BCUT2D eigenvalue weighted by molar-refractivity contribution is 5.92. The van der Waals surface area contributed by atoms with Crippen molar-refractivity contribution in [3.63, 3.8) is 0 Å². The number of para-hydroxylation sites is 2. The van der Waals surface area contributed by atoms with E-state index in [0.717, 1.165) is 4.68 Å². The van der Waals surface area contributed by atoms with Crippen LogP contribution >= 0.6 is 0 Å². The van der Waals surface area contributed by atoms with E-state index in [9.17, 15) is 19.7 Å². The number of hydrogen-bond acceptors (Lipinski definition) is 7. The lowest BCUT2D eigenvalue weighted by molar-refractivity contribution is -0.383. The second-order valence-electron chi connectivity index (χ2n) is 6.10. The highest BCUT2D eigenvalue weighted by Crippen LogP contribution is 2.35. The number of nitrogens with one attached hydrogen (secondary N) is 1. The molecule has 10 heteroatoms. The van der Waals surface area contributed by atoms with Crippen LogP contribution in [0, 0.1) is 10.1 Å². The monoisotopic (exact) mass is 394 g/mol. The van der Waals surface area contributed by atoms with E-state index in [4.69, 9.17) is 9.47 Å². The molecule has 0 bridgehead atoms. The number of carbonyl (C=O) groups excluding carboxylic acids is 1. The molecule has 0 radical (unpaired) electrons. The number of anilines is 1. The number of amides is 1. The van der Waals surface area contributed by atoms with E-state index < -0.39 is 22.9 Å². The molecule has 0 unspecified atom stereocenters. The average molecular weight is 394 g/mol. The Kier molecular flexibility index (Phi) is 4.65. The van der Waals surface area contributed by atoms with Gasteiger partial charge in [0.25, 0.3) is 11.2 Å². The summed E-state index contributed by atoms with van der Waals surface area (Å²) < 4.78 is 11.6. The zero-order valence-electron chi connectivity index (χ0n) is 14.9. The first-order valence-corrected chi connectivity index (χ1v) is 8.53. The Balaban J connectivity index is 1.56. The first kappa shape index (κ1) is 18.2. The van der Waals surface area contributed by atoms with E-state index >= 15 is 0 Å². The fourth-order valence-electron chi connectivity index (χ4n) is 2.84. The number of aromatic nitrogens is 2. The van der Waals surface area contributed by atoms with Crippen molar-refractivity contribution in [3.8, 4) is 22.8 Å². The average Bonchev–Trinajstić information content (AvgIpc) is 3.17. The largest absolute Gasteiger partial charge is 0.454 e. The number of fused-ring (bicyclic) bond motifs is 1. The van der Waals surface area contributed by atoms with Gasteiger partial charge in [-0.1, -0.05) is 12.1 Å². The summed E-state index contributed by atoms with van der Waals surface area (Å²) in [7, 11) is 0. The minimum atomic E-state index is -0.614. The van der Waals surface area contributed by atoms with Gasteiger partial charge in [-0.05, 0) is 30.3 Å². The van der Waals surface area contributed by atoms with Gasteiger partial charge in [0.1, 0.15) is 12.2 Å². The number of hydrogen-bond donors (Lipinski definition) is 1. The normalized spacial score (nSPS) is 11.9. The van der Waals surface area contributed by atoms with Crippen LogP contribution in [0.15, 0.2) is 59.4 Å². The molecule has 29 heavy (non-hydrogen) atoms. The standard InChI is InChI=1S/C19H14N4O6/c24-18(20-14-3-1-2-4-15(14)23(26)27)10-22-19(25)8-6-13(21-22)12-5-7-16-17(9-12)29-11-28-16/h1-9H,10-11H2,(H,20,24). The van der Waals surface area contributed by atoms with Crippen molar-refractivity contribution in [2.24, 2.45) is 0 Å². The van der Waals surface area contributed by atoms with Crippen molar-refractivity contribution >= 4 is 17.3 Å². The Morgan fingerprint density at radius 3 is 2.76 bits per heavy atom. The van der Waals surface area contributed by atoms with E-state index in [1.54, 1.807) is 24.3 Å². The zero-order chi connectivity index (χ0) is 20.4. The number of carbonyl (C=O) groups is 1. The predicted octanol–water partition coefficient (Wildman–Crippen LogP) is 2.19. The molecule has 1 aromatic heterocycles. The van der Waals surface area contributed by atoms with Gasteiger partial charge >= 0.3 is 0 Å². The third kappa shape index (κ3) is 3.76. The smallest absolute Gasteiger partial charge is 0.292 e. The van der Waals surface area contributed by atoms with Crippen molar-refractivity contribution in [1.82, 2.24) is 9.78 Å². The Hall–Kier alpha value is -4.21. The molecule has 0 saturated heterocycles. The lowest BCUT2D eigenvalue weighted by Gasteiger charge is -2.09. The van der Waals surface area contributed by atoms with Crippen molar-refractivity contribution in [2.75, 3.05) is 12.1 Å². The van der Waals surface area contributed by atoms with E-state index in [-0.39, 0.29) is 18.2 Å². The Bertz CT molecular complexity index is 1170. The second kappa shape index (κ2) is 7.43. The summed E-state index contributed by atoms with van der Waals surface area (Å²) in [5, 5.41) is 17.7. The molecular formula is C19H14N4O6. The molecule has 2 aromatic carbocycles. The highest BCUT2D eigenvalue weighted by Gasteiger charge is 2.17. The molecule has 1 N–H and O–H groups in total. The summed E-state index contributed by atoms with van der Waals surface area (Å²) in [6.45, 7) is -0.263. The first-order valence-electron chi connectivity index (χ1n) is 8.53. The van der Waals surface area contributed by atoms with Gasteiger partial charge in [-0.2, -0.15) is 5.10 Å². The van der Waals surface area contributed by atoms with E-state index in [1.165, 1.54) is 30.3 Å². The van der Waals surface area contributed by atoms with Gasteiger partial charge in [-0.15, -0.1) is 0 Å². The number of ether oxygens (including phenoxy) is 2. The van der Waals surface area contributed by atoms with Crippen LogP contribution < -0.4 is 20.3 Å². The van der Waals surface area contributed by atoms with Gasteiger partial charge < -0.3 is 14.8 Å². The topological polar surface area (TPSA) is 126 Å². The second-order valence-corrected chi connectivity index (χ2v) is 6.10. The van der Waals surface area contributed by atoms with Crippen LogP contribution in [0.5, 0.6) is 11.5 Å². The highest BCUT2D eigenvalue weighted by atomic mass is 16.7. The lowest BCUT2D eigenvalue weighted by atomic mass is 10.1. The van der Waals surface area contributed by atoms with Crippen LogP contribution in [0.2, 0.25) is 0 Å². The fourth-order valence-corrected chi connectivity index (χ4v) is 2.84. The molecular weight excluding hydrogens is 380 g/mol. The van der Waals surface area contributed by atoms with Crippen molar-refractivity contribution in [1.29, 1.82) is 0 Å². The summed E-state index contributed by atoms with van der Waals surface area (Å²) >= 11 is 0. The number of rotatable bonds is 5. The summed E-state index contributed by atoms with van der Waals surface area (Å²) in [4.78, 5) is 34.9. The minimum Gasteiger partial charge on any atom is -0.454 e. The van der Waals surface area contributed by atoms with E-state index in [1.807, 2.05) is 0 Å². The summed E-state index contributed by atoms with van der Waals surface area (Å²) in [5.41, 5.74) is 0.466. The van der Waals surface area contributed by atoms with E-state index in [0.29, 0.717) is 22.8 Å². The van der Waals surface area contributed by atoms with Gasteiger partial charge in [-0.3, -0.25) is 19.7 Å². The summed E-state index contributed by atoms with van der Waals surface area (Å²) in [6.07, 6.45) is 0. The van der Waals surface area contributed by atoms with Gasteiger partial charge in [0, 0.05) is 17.7 Å². The molecule has 0 aliphatic carbocycles. The number of benzene rings is 2. The van der Waals surface area contributed by atoms with Crippen molar-refractivity contribution < 1.29 is 19.2 Å². The van der Waals surface area contributed by atoms with Crippen LogP contribution in [0.3, 0.4) is 0 Å². The Morgan fingerprint density at radius 1 is 1.14 bits per heavy atom. The van der Waals surface area contributed by atoms with Crippen LogP contribution in [-0.2, 0) is 11.3 Å². The maximum absolute atomic E-state index is 12.3. The molecule has 1 aliphatic heterocycles. The molecule has 0 atom stereocenters. The fraction of sp³-hybridized carbons (Fsp3) is 0.105. The molecule has 0 saturated carbocycles. The third-order valence-electron chi connectivity index (χ3n) is 4.20. The van der Waals surface area contributed by atoms with Gasteiger partial charge in [0.05, 0.1) is 10.6 Å². The molecule has 1 amide bonds. The molecule has 1 aliphatic rings. The van der Waals surface area contributed by atoms with Gasteiger partial charge in [0.2, 0.25) is 12.7 Å². The molecule has 0 fully saturated rings. The molecule has 2 heterocycles. The molecule has 4 rings (SSSR count). The number of nitro groups is 1. The van der Waals surface area contributed by atoms with Crippen molar-refractivity contribution in [3.05, 3.63) is 75.1 Å². The lowest BCUT2D eigenvalue weighted by Crippen LogP contribution is -2.29. The van der Waals surface area contributed by atoms with E-state index in [2.05, 4.69) is 10.4 Å². The maximum Gasteiger partial charge on any atom is 0.292 e. The Morgan fingerprint density at radius 2 is 1.93 bits per heavy atom. The molecule has 146 valence electrons. The third-order valence-corrected chi connectivity index (χ3v) is 4.20. The van der Waals surface area contributed by atoms with Gasteiger partial charge in [-0.25, -0.2) is 4.68 Å². The minimum absolute atomic E-state index is 0.0440.